The van der Waals surface area contributed by atoms with Crippen LogP contribution in [0.25, 0.3) is 0 Å². The minimum atomic E-state index is -1.82. The van der Waals surface area contributed by atoms with E-state index in [9.17, 15) is 24.6 Å². The smallest absolute Gasteiger partial charge is 0.338 e. The van der Waals surface area contributed by atoms with Crippen LogP contribution >= 0.6 is 0 Å². The van der Waals surface area contributed by atoms with Crippen LogP contribution in [-0.2, 0) is 23.8 Å². The third-order valence-electron chi connectivity index (χ3n) is 7.58. The van der Waals surface area contributed by atoms with Crippen molar-refractivity contribution in [3.8, 4) is 0 Å². The van der Waals surface area contributed by atoms with Crippen LogP contribution in [0.3, 0.4) is 0 Å². The molecule has 0 aromatic heterocycles. The molecule has 4 rings (SSSR count). The van der Waals surface area contributed by atoms with Crippen molar-refractivity contribution in [3.63, 3.8) is 0 Å². The number of carbonyl (C=O) groups is 3. The fourth-order valence-corrected chi connectivity index (χ4v) is 5.72. The first-order chi connectivity index (χ1) is 17.4. The number of ether oxygens (including phenoxy) is 3. The van der Waals surface area contributed by atoms with Gasteiger partial charge in [0.25, 0.3) is 0 Å². The van der Waals surface area contributed by atoms with E-state index >= 15 is 0 Å². The molecular weight excluding hydrogens is 476 g/mol. The highest BCUT2D eigenvalue weighted by Gasteiger charge is 2.62. The fraction of sp³-hybridized carbons (Fsp3) is 0.414. The van der Waals surface area contributed by atoms with Gasteiger partial charge in [0.05, 0.1) is 11.7 Å². The third-order valence-corrected chi connectivity index (χ3v) is 7.58. The molecule has 2 aliphatic rings. The van der Waals surface area contributed by atoms with Crippen molar-refractivity contribution in [1.82, 2.24) is 0 Å². The van der Waals surface area contributed by atoms with Crippen LogP contribution in [0.1, 0.15) is 74.7 Å². The first kappa shape index (κ1) is 26.6. The van der Waals surface area contributed by atoms with E-state index < -0.39 is 53.3 Å². The minimum Gasteiger partial charge on any atom is -0.454 e. The second-order valence-electron chi connectivity index (χ2n) is 10.2. The average molecular weight is 509 g/mol. The normalized spacial score (nSPS) is 28.3. The summed E-state index contributed by atoms with van der Waals surface area (Å²) in [6.07, 6.45) is -4.77. The number of fused-ring (bicyclic) bond motifs is 3. The number of benzene rings is 2. The summed E-state index contributed by atoms with van der Waals surface area (Å²) in [5.41, 5.74) is -1.01. The molecule has 5 atom stereocenters. The van der Waals surface area contributed by atoms with Gasteiger partial charge >= 0.3 is 17.9 Å². The van der Waals surface area contributed by atoms with Gasteiger partial charge in [-0.25, -0.2) is 4.79 Å². The molecule has 0 amide bonds. The molecule has 2 bridgehead atoms. The van der Waals surface area contributed by atoms with Crippen molar-refractivity contribution in [3.05, 3.63) is 82.4 Å². The fourth-order valence-electron chi connectivity index (χ4n) is 5.72. The van der Waals surface area contributed by atoms with E-state index in [0.29, 0.717) is 27.8 Å². The maximum atomic E-state index is 13.3. The summed E-state index contributed by atoms with van der Waals surface area (Å²) in [6, 6.07) is 15.2. The van der Waals surface area contributed by atoms with Gasteiger partial charge in [0.15, 0.2) is 18.3 Å². The highest BCUT2D eigenvalue weighted by molar-refractivity contribution is 5.89. The van der Waals surface area contributed by atoms with Gasteiger partial charge in [-0.1, -0.05) is 56.3 Å². The third kappa shape index (κ3) is 4.55. The standard InChI is InChI=1S/C29H32O8/c1-16-22(32)15-29(34)26(37-27(33)19-11-7-6-8-12-19)21-14-10-9-13-20(21)24(35-17(2)30)25(36-18(3)31)23(16)28(29,4)5/h6-14,22,24-26,32,34H,15H2,1-5H3/t22-,24-,25-,26+,29-/m1/s1. The van der Waals surface area contributed by atoms with E-state index in [-0.39, 0.29) is 6.42 Å². The second kappa shape index (κ2) is 9.76. The van der Waals surface area contributed by atoms with Crippen molar-refractivity contribution >= 4 is 17.9 Å². The molecule has 0 radical (unpaired) electrons. The van der Waals surface area contributed by atoms with Gasteiger partial charge < -0.3 is 24.4 Å². The molecule has 0 unspecified atom stereocenters. The Morgan fingerprint density at radius 2 is 1.38 bits per heavy atom. The summed E-state index contributed by atoms with van der Waals surface area (Å²) >= 11 is 0. The monoisotopic (exact) mass is 508 g/mol. The molecule has 2 N–H and O–H groups in total. The Labute approximate surface area is 215 Å². The Morgan fingerprint density at radius 3 is 1.97 bits per heavy atom. The lowest BCUT2D eigenvalue weighted by atomic mass is 9.55. The highest BCUT2D eigenvalue weighted by Crippen LogP contribution is 2.59. The number of rotatable bonds is 4. The summed E-state index contributed by atoms with van der Waals surface area (Å²) in [7, 11) is 0. The predicted molar refractivity (Wildman–Crippen MR) is 133 cm³/mol. The van der Waals surface area contributed by atoms with E-state index in [4.69, 9.17) is 14.2 Å². The van der Waals surface area contributed by atoms with Crippen LogP contribution in [0, 0.1) is 5.41 Å². The van der Waals surface area contributed by atoms with E-state index in [1.807, 2.05) is 0 Å². The Bertz CT molecular complexity index is 1250. The largest absolute Gasteiger partial charge is 0.454 e. The van der Waals surface area contributed by atoms with Crippen LogP contribution < -0.4 is 0 Å². The summed E-state index contributed by atoms with van der Waals surface area (Å²) < 4.78 is 17.6. The summed E-state index contributed by atoms with van der Waals surface area (Å²) in [4.78, 5) is 37.8. The van der Waals surface area contributed by atoms with Gasteiger partial charge in [-0.05, 0) is 30.2 Å². The number of carbonyl (C=O) groups excluding carboxylic acids is 3. The number of esters is 3. The molecule has 0 saturated carbocycles. The molecular formula is C29H32O8. The van der Waals surface area contributed by atoms with Crippen molar-refractivity contribution in [1.29, 1.82) is 0 Å². The Balaban J connectivity index is 2.02. The van der Waals surface area contributed by atoms with Gasteiger partial charge in [-0.2, -0.15) is 0 Å². The summed E-state index contributed by atoms with van der Waals surface area (Å²) in [6.45, 7) is 7.68. The molecule has 8 nitrogen and oxygen atoms in total. The van der Waals surface area contributed by atoms with E-state index in [1.54, 1.807) is 75.4 Å². The number of hydrogen-bond acceptors (Lipinski definition) is 8. The average Bonchev–Trinajstić information content (AvgIpc) is 2.84. The van der Waals surface area contributed by atoms with Gasteiger partial charge in [0.2, 0.25) is 0 Å². The molecule has 0 saturated heterocycles. The molecule has 196 valence electrons. The molecule has 37 heavy (non-hydrogen) atoms. The van der Waals surface area contributed by atoms with Crippen LogP contribution in [0.2, 0.25) is 0 Å². The minimum absolute atomic E-state index is 0.137. The quantitative estimate of drug-likeness (QED) is 0.362. The maximum Gasteiger partial charge on any atom is 0.338 e. The van der Waals surface area contributed by atoms with Gasteiger partial charge in [0.1, 0.15) is 5.60 Å². The van der Waals surface area contributed by atoms with Crippen LogP contribution in [0.4, 0.5) is 0 Å². The molecule has 2 aromatic rings. The van der Waals surface area contributed by atoms with Crippen LogP contribution in [0.15, 0.2) is 65.7 Å². The summed E-state index contributed by atoms with van der Waals surface area (Å²) in [5.74, 6) is -1.89. The maximum absolute atomic E-state index is 13.3. The van der Waals surface area contributed by atoms with E-state index in [2.05, 4.69) is 0 Å². The predicted octanol–water partition coefficient (Wildman–Crippen LogP) is 3.97. The lowest BCUT2D eigenvalue weighted by Crippen LogP contribution is -2.60. The molecule has 0 aliphatic heterocycles. The van der Waals surface area contributed by atoms with Gasteiger partial charge in [0, 0.05) is 36.8 Å². The van der Waals surface area contributed by atoms with Gasteiger partial charge in [-0.3, -0.25) is 9.59 Å². The zero-order chi connectivity index (χ0) is 27.1. The van der Waals surface area contributed by atoms with Crippen molar-refractivity contribution < 1.29 is 38.8 Å². The topological polar surface area (TPSA) is 119 Å². The molecule has 0 spiro atoms. The van der Waals surface area contributed by atoms with Crippen molar-refractivity contribution in [2.75, 3.05) is 0 Å². The number of aliphatic hydroxyl groups excluding tert-OH is 1. The Kier molecular flexibility index (Phi) is 7.01. The zero-order valence-electron chi connectivity index (χ0n) is 21.6. The van der Waals surface area contributed by atoms with E-state index in [1.165, 1.54) is 13.8 Å². The molecule has 2 aromatic carbocycles. The van der Waals surface area contributed by atoms with Crippen molar-refractivity contribution in [2.24, 2.45) is 5.41 Å². The Morgan fingerprint density at radius 1 is 0.838 bits per heavy atom. The first-order valence-electron chi connectivity index (χ1n) is 12.2. The highest BCUT2D eigenvalue weighted by atomic mass is 16.6. The molecule has 2 aliphatic carbocycles. The SMILES string of the molecule is CC(=O)O[C@@H]1C2=C(C)[C@H](O)C[C@@](O)([C@@H](OC(=O)c3ccccc3)c3ccccc3[C@H]1OC(C)=O)C2(C)C. The molecule has 0 fully saturated rings. The first-order valence-corrected chi connectivity index (χ1v) is 12.2. The second-order valence-corrected chi connectivity index (χ2v) is 10.2. The van der Waals surface area contributed by atoms with Crippen LogP contribution in [0.5, 0.6) is 0 Å². The Hall–Kier alpha value is -3.49. The van der Waals surface area contributed by atoms with E-state index in [0.717, 1.165) is 0 Å². The van der Waals surface area contributed by atoms with Crippen molar-refractivity contribution in [2.45, 2.75) is 71.1 Å². The molecule has 0 heterocycles. The lowest BCUT2D eigenvalue weighted by molar-refractivity contribution is -0.186. The number of hydrogen-bond donors (Lipinski definition) is 2. The zero-order valence-corrected chi connectivity index (χ0v) is 21.6. The van der Waals surface area contributed by atoms with Crippen LogP contribution in [-0.4, -0.2) is 45.9 Å². The lowest BCUT2D eigenvalue weighted by Gasteiger charge is -2.56. The summed E-state index contributed by atoms with van der Waals surface area (Å²) in [5, 5.41) is 23.6. The van der Waals surface area contributed by atoms with Gasteiger partial charge in [-0.15, -0.1) is 0 Å². The number of aliphatic hydroxyl groups is 2. The molecule has 8 heteroatoms.